The highest BCUT2D eigenvalue weighted by atomic mass is 19.1. The molecule has 21 heavy (non-hydrogen) atoms. The van der Waals surface area contributed by atoms with E-state index in [4.69, 9.17) is 11.1 Å². The first-order valence-corrected chi connectivity index (χ1v) is 7.93. The van der Waals surface area contributed by atoms with Gasteiger partial charge < -0.3 is 5.73 Å². The SMILES string of the molecule is N=C(N)c1cc(F)ccc1CN1CCC2(CCCC2)CC1. The normalized spacial score (nSPS) is 21.8. The summed E-state index contributed by atoms with van der Waals surface area (Å²) >= 11 is 0. The Labute approximate surface area is 125 Å². The lowest BCUT2D eigenvalue weighted by Gasteiger charge is -2.39. The summed E-state index contributed by atoms with van der Waals surface area (Å²) < 4.78 is 13.3. The summed E-state index contributed by atoms with van der Waals surface area (Å²) in [6, 6.07) is 4.61. The Morgan fingerprint density at radius 2 is 1.86 bits per heavy atom. The highest BCUT2D eigenvalue weighted by molar-refractivity contribution is 5.96. The van der Waals surface area contributed by atoms with Gasteiger partial charge in [0, 0.05) is 12.1 Å². The van der Waals surface area contributed by atoms with Crippen LogP contribution in [0.2, 0.25) is 0 Å². The molecule has 0 unspecified atom stereocenters. The van der Waals surface area contributed by atoms with Gasteiger partial charge >= 0.3 is 0 Å². The van der Waals surface area contributed by atoms with E-state index in [1.165, 1.54) is 50.7 Å². The van der Waals surface area contributed by atoms with Crippen molar-refractivity contribution in [1.82, 2.24) is 4.90 Å². The maximum Gasteiger partial charge on any atom is 0.123 e. The van der Waals surface area contributed by atoms with Gasteiger partial charge in [0.25, 0.3) is 0 Å². The van der Waals surface area contributed by atoms with E-state index in [1.54, 1.807) is 6.07 Å². The number of likely N-dealkylation sites (tertiary alicyclic amines) is 1. The van der Waals surface area contributed by atoms with E-state index in [0.717, 1.165) is 25.2 Å². The first-order valence-electron chi connectivity index (χ1n) is 7.93. The average Bonchev–Trinajstić information content (AvgIpc) is 2.92. The number of nitrogens with one attached hydrogen (secondary N) is 1. The zero-order valence-corrected chi connectivity index (χ0v) is 12.5. The number of halogens is 1. The number of nitrogens with zero attached hydrogens (tertiary/aromatic N) is 1. The van der Waals surface area contributed by atoms with E-state index in [9.17, 15) is 4.39 Å². The molecule has 3 N–H and O–H groups in total. The molecule has 0 amide bonds. The minimum Gasteiger partial charge on any atom is -0.384 e. The number of piperidine rings is 1. The number of amidine groups is 1. The van der Waals surface area contributed by atoms with E-state index >= 15 is 0 Å². The molecular formula is C17H24FN3. The van der Waals surface area contributed by atoms with E-state index in [1.807, 2.05) is 0 Å². The molecule has 1 saturated carbocycles. The van der Waals surface area contributed by atoms with Gasteiger partial charge in [-0.3, -0.25) is 10.3 Å². The molecule has 1 aliphatic carbocycles. The van der Waals surface area contributed by atoms with Crippen LogP contribution in [0.1, 0.15) is 49.7 Å². The Hall–Kier alpha value is -1.42. The zero-order valence-electron chi connectivity index (χ0n) is 12.5. The van der Waals surface area contributed by atoms with Crippen molar-refractivity contribution in [2.75, 3.05) is 13.1 Å². The van der Waals surface area contributed by atoms with Crippen molar-refractivity contribution in [3.63, 3.8) is 0 Å². The quantitative estimate of drug-likeness (QED) is 0.663. The standard InChI is InChI=1S/C17H24FN3/c18-14-4-3-13(15(11-14)16(19)20)12-21-9-7-17(8-10-21)5-1-2-6-17/h3-4,11H,1-2,5-10,12H2,(H3,19,20). The van der Waals surface area contributed by atoms with E-state index in [2.05, 4.69) is 4.90 Å². The molecule has 1 saturated heterocycles. The van der Waals surface area contributed by atoms with Crippen molar-refractivity contribution < 1.29 is 4.39 Å². The van der Waals surface area contributed by atoms with Crippen LogP contribution in [0.3, 0.4) is 0 Å². The molecule has 0 bridgehead atoms. The number of hydrogen-bond donors (Lipinski definition) is 2. The van der Waals surface area contributed by atoms with E-state index < -0.39 is 0 Å². The highest BCUT2D eigenvalue weighted by Crippen LogP contribution is 2.46. The van der Waals surface area contributed by atoms with Gasteiger partial charge in [0.2, 0.25) is 0 Å². The molecule has 0 atom stereocenters. The van der Waals surface area contributed by atoms with Crippen LogP contribution in [0, 0.1) is 16.6 Å². The Balaban J connectivity index is 1.66. The fourth-order valence-corrected chi connectivity index (χ4v) is 3.99. The summed E-state index contributed by atoms with van der Waals surface area (Å²) in [6.45, 7) is 2.98. The lowest BCUT2D eigenvalue weighted by molar-refractivity contribution is 0.103. The van der Waals surface area contributed by atoms with Crippen LogP contribution >= 0.6 is 0 Å². The van der Waals surface area contributed by atoms with Gasteiger partial charge in [0.1, 0.15) is 11.7 Å². The Morgan fingerprint density at radius 1 is 1.19 bits per heavy atom. The molecular weight excluding hydrogens is 265 g/mol. The maximum atomic E-state index is 13.3. The Bertz CT molecular complexity index is 525. The summed E-state index contributed by atoms with van der Waals surface area (Å²) in [5.41, 5.74) is 7.70. The van der Waals surface area contributed by atoms with E-state index in [-0.39, 0.29) is 11.7 Å². The van der Waals surface area contributed by atoms with Crippen LogP contribution in [0.15, 0.2) is 18.2 Å². The van der Waals surface area contributed by atoms with Gasteiger partial charge in [-0.2, -0.15) is 0 Å². The average molecular weight is 289 g/mol. The molecule has 3 nitrogen and oxygen atoms in total. The molecule has 1 aromatic rings. The number of nitrogen functional groups attached to an aromatic ring is 1. The monoisotopic (exact) mass is 289 g/mol. The molecule has 3 rings (SSSR count). The number of nitrogens with two attached hydrogens (primary N) is 1. The molecule has 1 spiro atoms. The highest BCUT2D eigenvalue weighted by Gasteiger charge is 2.36. The van der Waals surface area contributed by atoms with Crippen molar-refractivity contribution in [2.45, 2.75) is 45.1 Å². The fourth-order valence-electron chi connectivity index (χ4n) is 3.99. The molecule has 0 radical (unpaired) electrons. The third-order valence-electron chi connectivity index (χ3n) is 5.34. The molecule has 4 heteroatoms. The van der Waals surface area contributed by atoms with Crippen LogP contribution in [-0.2, 0) is 6.54 Å². The van der Waals surface area contributed by atoms with Gasteiger partial charge in [-0.1, -0.05) is 18.9 Å². The van der Waals surface area contributed by atoms with Crippen molar-refractivity contribution in [3.05, 3.63) is 35.1 Å². The molecule has 1 aliphatic heterocycles. The zero-order chi connectivity index (χ0) is 14.9. The summed E-state index contributed by atoms with van der Waals surface area (Å²) in [5, 5.41) is 7.61. The molecule has 0 aromatic heterocycles. The Morgan fingerprint density at radius 3 is 2.48 bits per heavy atom. The fraction of sp³-hybridized carbons (Fsp3) is 0.588. The topological polar surface area (TPSA) is 53.1 Å². The van der Waals surface area contributed by atoms with Crippen molar-refractivity contribution in [3.8, 4) is 0 Å². The van der Waals surface area contributed by atoms with Crippen LogP contribution in [0.5, 0.6) is 0 Å². The van der Waals surface area contributed by atoms with Gasteiger partial charge in [-0.15, -0.1) is 0 Å². The second-order valence-corrected chi connectivity index (χ2v) is 6.70. The smallest absolute Gasteiger partial charge is 0.123 e. The third-order valence-corrected chi connectivity index (χ3v) is 5.34. The second kappa shape index (κ2) is 5.76. The van der Waals surface area contributed by atoms with Crippen molar-refractivity contribution >= 4 is 5.84 Å². The first kappa shape index (κ1) is 14.5. The van der Waals surface area contributed by atoms with E-state index in [0.29, 0.717) is 11.0 Å². The van der Waals surface area contributed by atoms with Crippen LogP contribution in [0.25, 0.3) is 0 Å². The number of benzene rings is 1. The van der Waals surface area contributed by atoms with Gasteiger partial charge in [-0.25, -0.2) is 4.39 Å². The molecule has 114 valence electrons. The lowest BCUT2D eigenvalue weighted by atomic mass is 9.77. The number of rotatable bonds is 3. The minimum absolute atomic E-state index is 0.0474. The van der Waals surface area contributed by atoms with Crippen LogP contribution in [-0.4, -0.2) is 23.8 Å². The van der Waals surface area contributed by atoms with Gasteiger partial charge in [-0.05, 0) is 61.9 Å². The lowest BCUT2D eigenvalue weighted by Crippen LogP contribution is -2.38. The van der Waals surface area contributed by atoms with Crippen molar-refractivity contribution in [2.24, 2.45) is 11.1 Å². The molecule has 2 aliphatic rings. The summed E-state index contributed by atoms with van der Waals surface area (Å²) in [7, 11) is 0. The number of hydrogen-bond acceptors (Lipinski definition) is 2. The molecule has 2 fully saturated rings. The summed E-state index contributed by atoms with van der Waals surface area (Å²) in [6.07, 6.45) is 8.15. The first-order chi connectivity index (χ1) is 10.1. The summed E-state index contributed by atoms with van der Waals surface area (Å²) in [4.78, 5) is 2.42. The second-order valence-electron chi connectivity index (χ2n) is 6.70. The predicted octanol–water partition coefficient (Wildman–Crippen LogP) is 3.27. The van der Waals surface area contributed by atoms with Crippen LogP contribution < -0.4 is 5.73 Å². The summed E-state index contributed by atoms with van der Waals surface area (Å²) in [5.74, 6) is -0.374. The van der Waals surface area contributed by atoms with Crippen LogP contribution in [0.4, 0.5) is 4.39 Å². The van der Waals surface area contributed by atoms with Crippen molar-refractivity contribution in [1.29, 1.82) is 5.41 Å². The van der Waals surface area contributed by atoms with Gasteiger partial charge in [0.15, 0.2) is 0 Å². The van der Waals surface area contributed by atoms with Gasteiger partial charge in [0.05, 0.1) is 0 Å². The largest absolute Gasteiger partial charge is 0.384 e. The minimum atomic E-state index is -0.326. The predicted molar refractivity (Wildman–Crippen MR) is 82.8 cm³/mol. The molecule has 1 heterocycles. The molecule has 1 aromatic carbocycles. The Kier molecular flexibility index (Phi) is 3.98. The maximum absolute atomic E-state index is 13.3. The third kappa shape index (κ3) is 3.10.